The summed E-state index contributed by atoms with van der Waals surface area (Å²) in [5, 5.41) is 19.3. The fourth-order valence-electron chi connectivity index (χ4n) is 7.55. The predicted molar refractivity (Wildman–Crippen MR) is 233 cm³/mol. The molecule has 0 saturated carbocycles. The topological polar surface area (TPSA) is 99.5 Å². The molecule has 2 N–H and O–H groups in total. The van der Waals surface area contributed by atoms with E-state index in [1.54, 1.807) is 0 Å². The summed E-state index contributed by atoms with van der Waals surface area (Å²) >= 11 is 0. The Bertz CT molecular complexity index is 783. The standard InChI is InChI=1S/C47H94N2O6/c1-4-7-10-13-16-17-20-29-43-54-46(52)33-25-21-27-35-48(39-41-50)37-30-38-49(40-42-51)36-28-22-26-34-47(53)55-44-45(31-23-18-14-11-8-5-2)32-24-19-15-12-9-6-3/h45,50-51H,4-44H2,1-3H3. The highest BCUT2D eigenvalue weighted by atomic mass is 16.5. The van der Waals surface area contributed by atoms with Crippen molar-refractivity contribution in [3.8, 4) is 0 Å². The van der Waals surface area contributed by atoms with Crippen molar-refractivity contribution in [3.05, 3.63) is 0 Å². The third-order valence-corrected chi connectivity index (χ3v) is 11.2. The Labute approximate surface area is 341 Å². The number of aliphatic hydroxyl groups is 2. The molecule has 0 atom stereocenters. The summed E-state index contributed by atoms with van der Waals surface area (Å²) in [6, 6.07) is 0. The van der Waals surface area contributed by atoms with Gasteiger partial charge in [-0.25, -0.2) is 0 Å². The summed E-state index contributed by atoms with van der Waals surface area (Å²) in [5.74, 6) is 0.396. The van der Waals surface area contributed by atoms with Crippen LogP contribution in [0.1, 0.15) is 220 Å². The Morgan fingerprint density at radius 2 is 0.782 bits per heavy atom. The van der Waals surface area contributed by atoms with Crippen LogP contribution in [0, 0.1) is 5.92 Å². The van der Waals surface area contributed by atoms with E-state index in [0.29, 0.717) is 45.1 Å². The molecule has 0 spiro atoms. The summed E-state index contributed by atoms with van der Waals surface area (Å²) in [7, 11) is 0. The lowest BCUT2D eigenvalue weighted by Gasteiger charge is -2.25. The number of unbranched alkanes of at least 4 members (excludes halogenated alkanes) is 21. The van der Waals surface area contributed by atoms with Crippen LogP contribution in [-0.4, -0.2) is 97.6 Å². The van der Waals surface area contributed by atoms with Crippen LogP contribution in [0.2, 0.25) is 0 Å². The van der Waals surface area contributed by atoms with E-state index in [1.807, 2.05) is 0 Å². The van der Waals surface area contributed by atoms with Crippen LogP contribution in [0.5, 0.6) is 0 Å². The highest BCUT2D eigenvalue weighted by Gasteiger charge is 2.13. The van der Waals surface area contributed by atoms with E-state index in [9.17, 15) is 19.8 Å². The van der Waals surface area contributed by atoms with Gasteiger partial charge in [0.1, 0.15) is 0 Å². The van der Waals surface area contributed by atoms with Crippen molar-refractivity contribution >= 4 is 11.9 Å². The number of ether oxygens (including phenoxy) is 2. The molecule has 55 heavy (non-hydrogen) atoms. The van der Waals surface area contributed by atoms with Gasteiger partial charge in [-0.15, -0.1) is 0 Å². The molecule has 0 bridgehead atoms. The lowest BCUT2D eigenvalue weighted by Crippen LogP contribution is -2.34. The van der Waals surface area contributed by atoms with Gasteiger partial charge >= 0.3 is 11.9 Å². The average Bonchev–Trinajstić information content (AvgIpc) is 3.18. The molecule has 0 unspecified atom stereocenters. The third-order valence-electron chi connectivity index (χ3n) is 11.2. The fraction of sp³-hybridized carbons (Fsp3) is 0.957. The molecular formula is C47H94N2O6. The number of hydrogen-bond acceptors (Lipinski definition) is 8. The zero-order valence-electron chi connectivity index (χ0n) is 37.0. The monoisotopic (exact) mass is 783 g/mol. The van der Waals surface area contributed by atoms with Crippen LogP contribution in [-0.2, 0) is 19.1 Å². The number of carbonyl (C=O) groups is 2. The van der Waals surface area contributed by atoms with E-state index in [0.717, 1.165) is 84.0 Å². The van der Waals surface area contributed by atoms with Crippen LogP contribution in [0.25, 0.3) is 0 Å². The molecule has 0 rings (SSSR count). The van der Waals surface area contributed by atoms with E-state index in [4.69, 9.17) is 9.47 Å². The molecule has 0 heterocycles. The first-order valence-electron chi connectivity index (χ1n) is 24.0. The quantitative estimate of drug-likeness (QED) is 0.0465. The minimum atomic E-state index is -0.0691. The SMILES string of the molecule is CCCCCCCCCCOC(=O)CCCCCN(CCO)CCCN(CCO)CCCCCC(=O)OCC(CCCCCCCC)CCCCCCCC. The van der Waals surface area contributed by atoms with Gasteiger partial charge in [0.25, 0.3) is 0 Å². The van der Waals surface area contributed by atoms with E-state index in [-0.39, 0.29) is 25.2 Å². The number of hydrogen-bond donors (Lipinski definition) is 2. The number of aliphatic hydroxyl groups excluding tert-OH is 2. The van der Waals surface area contributed by atoms with Crippen LogP contribution >= 0.6 is 0 Å². The van der Waals surface area contributed by atoms with Gasteiger partial charge in [0.2, 0.25) is 0 Å². The fourth-order valence-corrected chi connectivity index (χ4v) is 7.55. The van der Waals surface area contributed by atoms with Gasteiger partial charge < -0.3 is 29.5 Å². The zero-order chi connectivity index (χ0) is 40.3. The molecule has 8 heteroatoms. The average molecular weight is 783 g/mol. The minimum absolute atomic E-state index is 0.0407. The first-order valence-corrected chi connectivity index (χ1v) is 24.0. The highest BCUT2D eigenvalue weighted by Crippen LogP contribution is 2.20. The molecular weight excluding hydrogens is 689 g/mol. The molecule has 0 aliphatic heterocycles. The van der Waals surface area contributed by atoms with Gasteiger partial charge in [-0.05, 0) is 83.5 Å². The molecule has 0 radical (unpaired) electrons. The Morgan fingerprint density at radius 1 is 0.418 bits per heavy atom. The molecule has 0 saturated heterocycles. The molecule has 8 nitrogen and oxygen atoms in total. The molecule has 0 fully saturated rings. The van der Waals surface area contributed by atoms with Gasteiger partial charge in [-0.2, -0.15) is 0 Å². The van der Waals surface area contributed by atoms with Crippen molar-refractivity contribution in [3.63, 3.8) is 0 Å². The largest absolute Gasteiger partial charge is 0.466 e. The maximum Gasteiger partial charge on any atom is 0.305 e. The number of nitrogens with zero attached hydrogens (tertiary/aromatic N) is 2. The number of carbonyl (C=O) groups excluding carboxylic acids is 2. The van der Waals surface area contributed by atoms with Crippen molar-refractivity contribution in [2.45, 2.75) is 220 Å². The van der Waals surface area contributed by atoms with Gasteiger partial charge in [0.15, 0.2) is 0 Å². The molecule has 0 aliphatic rings. The van der Waals surface area contributed by atoms with Crippen LogP contribution in [0.3, 0.4) is 0 Å². The second-order valence-corrected chi connectivity index (χ2v) is 16.5. The predicted octanol–water partition coefficient (Wildman–Crippen LogP) is 11.4. The van der Waals surface area contributed by atoms with Crippen molar-refractivity contribution in [1.82, 2.24) is 9.80 Å². The third kappa shape index (κ3) is 39.4. The summed E-state index contributed by atoms with van der Waals surface area (Å²) in [4.78, 5) is 29.4. The van der Waals surface area contributed by atoms with E-state index >= 15 is 0 Å². The van der Waals surface area contributed by atoms with Crippen LogP contribution < -0.4 is 0 Å². The smallest absolute Gasteiger partial charge is 0.305 e. The number of rotatable bonds is 45. The summed E-state index contributed by atoms with van der Waals surface area (Å²) in [5.41, 5.74) is 0. The molecule has 0 aromatic heterocycles. The summed E-state index contributed by atoms with van der Waals surface area (Å²) < 4.78 is 11.3. The van der Waals surface area contributed by atoms with Crippen molar-refractivity contribution < 1.29 is 29.3 Å². The molecule has 0 amide bonds. The first kappa shape index (κ1) is 53.8. The van der Waals surface area contributed by atoms with Crippen molar-refractivity contribution in [1.29, 1.82) is 0 Å². The number of esters is 2. The van der Waals surface area contributed by atoms with Gasteiger partial charge in [-0.1, -0.05) is 156 Å². The maximum absolute atomic E-state index is 12.6. The second-order valence-electron chi connectivity index (χ2n) is 16.5. The maximum atomic E-state index is 12.6. The van der Waals surface area contributed by atoms with Crippen LogP contribution in [0.15, 0.2) is 0 Å². The Balaban J connectivity index is 4.19. The Morgan fingerprint density at radius 3 is 1.22 bits per heavy atom. The highest BCUT2D eigenvalue weighted by molar-refractivity contribution is 5.69. The van der Waals surface area contributed by atoms with Gasteiger partial charge in [0, 0.05) is 25.9 Å². The van der Waals surface area contributed by atoms with E-state index < -0.39 is 0 Å². The lowest BCUT2D eigenvalue weighted by atomic mass is 9.94. The molecule has 0 aromatic carbocycles. The molecule has 0 aliphatic carbocycles. The molecule has 0 aromatic rings. The molecule has 328 valence electrons. The van der Waals surface area contributed by atoms with E-state index in [1.165, 1.54) is 128 Å². The van der Waals surface area contributed by atoms with Gasteiger partial charge in [0.05, 0.1) is 26.4 Å². The van der Waals surface area contributed by atoms with Crippen molar-refractivity contribution in [2.75, 3.05) is 65.7 Å². The Hall–Kier alpha value is -1.22. The Kier molecular flexibility index (Phi) is 42.9. The summed E-state index contributed by atoms with van der Waals surface area (Å²) in [6.07, 6.45) is 35.7. The zero-order valence-corrected chi connectivity index (χ0v) is 37.0. The normalized spacial score (nSPS) is 11.7. The van der Waals surface area contributed by atoms with Crippen molar-refractivity contribution in [2.24, 2.45) is 5.92 Å². The van der Waals surface area contributed by atoms with Gasteiger partial charge in [-0.3, -0.25) is 9.59 Å². The van der Waals surface area contributed by atoms with Crippen LogP contribution in [0.4, 0.5) is 0 Å². The lowest BCUT2D eigenvalue weighted by molar-refractivity contribution is -0.145. The summed E-state index contributed by atoms with van der Waals surface area (Å²) in [6.45, 7) is 13.2. The second kappa shape index (κ2) is 43.9. The first-order chi connectivity index (χ1) is 27.0. The minimum Gasteiger partial charge on any atom is -0.466 e. The van der Waals surface area contributed by atoms with E-state index in [2.05, 4.69) is 30.6 Å².